The Morgan fingerprint density at radius 3 is 2.69 bits per heavy atom. The Morgan fingerprint density at radius 2 is 1.93 bits per heavy atom. The lowest BCUT2D eigenvalue weighted by Crippen LogP contribution is -3.15. The van der Waals surface area contributed by atoms with Crippen molar-refractivity contribution in [2.45, 2.75) is 13.5 Å². The Balaban J connectivity index is 1.55. The number of amides is 1. The Bertz CT molecular complexity index is 805. The zero-order valence-corrected chi connectivity index (χ0v) is 16.7. The zero-order valence-electron chi connectivity index (χ0n) is 16.7. The molecule has 0 unspecified atom stereocenters. The smallest absolute Gasteiger partial charge is 0.295 e. The van der Waals surface area contributed by atoms with Crippen molar-refractivity contribution < 1.29 is 23.9 Å². The molecule has 1 heterocycles. The molecule has 7 heteroatoms. The first kappa shape index (κ1) is 20.8. The van der Waals surface area contributed by atoms with Gasteiger partial charge in [-0.25, -0.2) is 5.43 Å². The van der Waals surface area contributed by atoms with Crippen molar-refractivity contribution in [2.24, 2.45) is 5.10 Å². The molecule has 29 heavy (non-hydrogen) atoms. The summed E-state index contributed by atoms with van der Waals surface area (Å²) >= 11 is 0. The average Bonchev–Trinajstić information content (AvgIpc) is 2.75. The lowest BCUT2D eigenvalue weighted by molar-refractivity contribution is -0.900. The summed E-state index contributed by atoms with van der Waals surface area (Å²) in [5.41, 5.74) is 4.50. The monoisotopic (exact) mass is 398 g/mol. The molecule has 0 spiro atoms. The van der Waals surface area contributed by atoms with Crippen LogP contribution in [0.25, 0.3) is 0 Å². The molecule has 1 saturated heterocycles. The van der Waals surface area contributed by atoms with E-state index in [9.17, 15) is 4.79 Å². The van der Waals surface area contributed by atoms with E-state index >= 15 is 0 Å². The van der Waals surface area contributed by atoms with Crippen LogP contribution in [0.3, 0.4) is 0 Å². The Hall–Kier alpha value is -2.90. The quantitative estimate of drug-likeness (QED) is 0.489. The topological polar surface area (TPSA) is 73.6 Å². The second-order valence-electron chi connectivity index (χ2n) is 6.75. The van der Waals surface area contributed by atoms with Crippen molar-refractivity contribution in [3.05, 3.63) is 59.7 Å². The lowest BCUT2D eigenvalue weighted by atomic mass is 10.2. The van der Waals surface area contributed by atoms with Crippen LogP contribution in [0.15, 0.2) is 53.6 Å². The second kappa shape index (κ2) is 11.2. The van der Waals surface area contributed by atoms with Crippen molar-refractivity contribution in [2.75, 3.05) is 39.5 Å². The van der Waals surface area contributed by atoms with Crippen LogP contribution in [-0.2, 0) is 16.1 Å². The number of nitrogens with zero attached hydrogens (tertiary/aromatic N) is 1. The van der Waals surface area contributed by atoms with Gasteiger partial charge in [-0.1, -0.05) is 30.3 Å². The maximum absolute atomic E-state index is 12.0. The Morgan fingerprint density at radius 1 is 1.14 bits per heavy atom. The van der Waals surface area contributed by atoms with Crippen LogP contribution < -0.4 is 19.8 Å². The fourth-order valence-electron chi connectivity index (χ4n) is 3.01. The average molecular weight is 398 g/mol. The first-order chi connectivity index (χ1) is 14.2. The van der Waals surface area contributed by atoms with Gasteiger partial charge in [0.2, 0.25) is 0 Å². The minimum absolute atomic E-state index is 0.106. The van der Waals surface area contributed by atoms with Gasteiger partial charge in [-0.2, -0.15) is 5.10 Å². The molecule has 0 atom stereocenters. The molecule has 2 aromatic rings. The fourth-order valence-corrected chi connectivity index (χ4v) is 3.01. The van der Waals surface area contributed by atoms with Gasteiger partial charge in [-0.3, -0.25) is 4.79 Å². The predicted octanol–water partition coefficient (Wildman–Crippen LogP) is 1.03. The largest absolute Gasteiger partial charge is 0.490 e. The summed E-state index contributed by atoms with van der Waals surface area (Å²) in [6.45, 7) is 6.41. The number of hydrazone groups is 1. The normalized spacial score (nSPS) is 14.7. The van der Waals surface area contributed by atoms with Crippen molar-refractivity contribution in [3.63, 3.8) is 0 Å². The molecule has 1 fully saturated rings. The van der Waals surface area contributed by atoms with E-state index in [2.05, 4.69) is 10.5 Å². The van der Waals surface area contributed by atoms with Crippen LogP contribution in [0, 0.1) is 0 Å². The van der Waals surface area contributed by atoms with Gasteiger partial charge in [-0.15, -0.1) is 0 Å². The van der Waals surface area contributed by atoms with E-state index in [0.29, 0.717) is 44.5 Å². The first-order valence-corrected chi connectivity index (χ1v) is 9.91. The molecule has 3 rings (SSSR count). The highest BCUT2D eigenvalue weighted by Crippen LogP contribution is 2.28. The molecule has 0 bridgehead atoms. The molecular weight excluding hydrogens is 370 g/mol. The van der Waals surface area contributed by atoms with E-state index < -0.39 is 0 Å². The van der Waals surface area contributed by atoms with E-state index in [4.69, 9.17) is 14.2 Å². The number of hydrogen-bond donors (Lipinski definition) is 2. The third kappa shape index (κ3) is 6.89. The third-order valence-electron chi connectivity index (χ3n) is 4.52. The molecule has 2 aromatic carbocycles. The minimum atomic E-state index is -0.106. The summed E-state index contributed by atoms with van der Waals surface area (Å²) in [7, 11) is 0. The molecule has 154 valence electrons. The highest BCUT2D eigenvalue weighted by molar-refractivity contribution is 5.83. The molecule has 0 aromatic heterocycles. The van der Waals surface area contributed by atoms with E-state index in [1.807, 2.05) is 55.5 Å². The lowest BCUT2D eigenvalue weighted by Gasteiger charge is -2.22. The van der Waals surface area contributed by atoms with Gasteiger partial charge in [0.05, 0.1) is 26.0 Å². The molecule has 1 aliphatic heterocycles. The number of rotatable bonds is 9. The molecule has 1 amide bonds. The highest BCUT2D eigenvalue weighted by atomic mass is 16.5. The van der Waals surface area contributed by atoms with Crippen molar-refractivity contribution >= 4 is 12.1 Å². The van der Waals surface area contributed by atoms with E-state index in [-0.39, 0.29) is 5.91 Å². The number of hydrogen-bond acceptors (Lipinski definition) is 5. The number of nitrogens with one attached hydrogen (secondary N) is 2. The van der Waals surface area contributed by atoms with Crippen molar-refractivity contribution in [1.29, 1.82) is 0 Å². The molecule has 7 nitrogen and oxygen atoms in total. The van der Waals surface area contributed by atoms with Crippen LogP contribution in [0.4, 0.5) is 0 Å². The summed E-state index contributed by atoms with van der Waals surface area (Å²) in [6.07, 6.45) is 1.61. The van der Waals surface area contributed by atoms with Gasteiger partial charge in [0, 0.05) is 0 Å². The molecule has 1 aliphatic rings. The Labute approximate surface area is 171 Å². The van der Waals surface area contributed by atoms with Crippen LogP contribution in [-0.4, -0.2) is 51.6 Å². The summed E-state index contributed by atoms with van der Waals surface area (Å²) in [6, 6.07) is 15.6. The summed E-state index contributed by atoms with van der Waals surface area (Å²) < 4.78 is 16.9. The minimum Gasteiger partial charge on any atom is -0.490 e. The van der Waals surface area contributed by atoms with Gasteiger partial charge in [-0.05, 0) is 36.2 Å². The van der Waals surface area contributed by atoms with E-state index in [1.165, 1.54) is 4.90 Å². The molecule has 0 saturated carbocycles. The van der Waals surface area contributed by atoms with Crippen LogP contribution in [0.2, 0.25) is 0 Å². The highest BCUT2D eigenvalue weighted by Gasteiger charge is 2.17. The maximum Gasteiger partial charge on any atom is 0.295 e. The maximum atomic E-state index is 12.0. The van der Waals surface area contributed by atoms with Crippen molar-refractivity contribution in [1.82, 2.24) is 5.43 Å². The third-order valence-corrected chi connectivity index (χ3v) is 4.52. The number of benzene rings is 2. The SMILES string of the molecule is CCOc1cc(C=NNC(=O)C[NH+]2CCOCC2)ccc1OCc1ccccc1. The summed E-state index contributed by atoms with van der Waals surface area (Å²) in [4.78, 5) is 13.2. The first-order valence-electron chi connectivity index (χ1n) is 9.91. The van der Waals surface area contributed by atoms with Crippen LogP contribution >= 0.6 is 0 Å². The van der Waals surface area contributed by atoms with Gasteiger partial charge in [0.25, 0.3) is 5.91 Å². The molecule has 0 aliphatic carbocycles. The predicted molar refractivity (Wildman–Crippen MR) is 111 cm³/mol. The number of ether oxygens (including phenoxy) is 3. The number of quaternary nitrogens is 1. The van der Waals surface area contributed by atoms with Gasteiger partial charge in [0.15, 0.2) is 18.0 Å². The summed E-state index contributed by atoms with van der Waals surface area (Å²) in [5.74, 6) is 1.22. The fraction of sp³-hybridized carbons (Fsp3) is 0.364. The van der Waals surface area contributed by atoms with Crippen LogP contribution in [0.1, 0.15) is 18.1 Å². The Kier molecular flexibility index (Phi) is 8.03. The van der Waals surface area contributed by atoms with Crippen LogP contribution in [0.5, 0.6) is 11.5 Å². The van der Waals surface area contributed by atoms with Gasteiger partial charge >= 0.3 is 0 Å². The van der Waals surface area contributed by atoms with E-state index in [0.717, 1.165) is 24.2 Å². The van der Waals surface area contributed by atoms with Gasteiger partial charge in [0.1, 0.15) is 19.7 Å². The second-order valence-corrected chi connectivity index (χ2v) is 6.75. The molecule has 2 N–H and O–H groups in total. The number of carbonyl (C=O) groups is 1. The van der Waals surface area contributed by atoms with Gasteiger partial charge < -0.3 is 19.1 Å². The zero-order chi connectivity index (χ0) is 20.3. The molecule has 0 radical (unpaired) electrons. The molecular formula is C22H28N3O4+. The van der Waals surface area contributed by atoms with Crippen molar-refractivity contribution in [3.8, 4) is 11.5 Å². The standard InChI is InChI=1S/C22H27N3O4/c1-2-28-21-14-19(8-9-20(21)29-17-18-6-4-3-5-7-18)15-23-24-22(26)16-25-10-12-27-13-11-25/h3-9,14-15H,2,10-13,16-17H2,1H3,(H,24,26)/p+1. The van der Waals surface area contributed by atoms with E-state index in [1.54, 1.807) is 6.21 Å². The summed E-state index contributed by atoms with van der Waals surface area (Å²) in [5, 5.41) is 4.07. The number of morpholine rings is 1. The number of carbonyl (C=O) groups excluding carboxylic acids is 1.